The van der Waals surface area contributed by atoms with Crippen molar-refractivity contribution in [1.82, 2.24) is 10.5 Å². The fourth-order valence-electron chi connectivity index (χ4n) is 4.21. The summed E-state index contributed by atoms with van der Waals surface area (Å²) in [7, 11) is 0. The third-order valence-electron chi connectivity index (χ3n) is 5.91. The summed E-state index contributed by atoms with van der Waals surface area (Å²) in [6.07, 6.45) is 0.107. The summed E-state index contributed by atoms with van der Waals surface area (Å²) in [5.74, 6) is 0.973. The van der Waals surface area contributed by atoms with Crippen molar-refractivity contribution in [3.05, 3.63) is 76.4 Å². The number of nitrogens with one attached hydrogen (secondary N) is 1. The van der Waals surface area contributed by atoms with Gasteiger partial charge in [0.05, 0.1) is 29.2 Å². The molecule has 1 N–H and O–H groups in total. The number of anilines is 1. The van der Waals surface area contributed by atoms with Crippen LogP contribution in [-0.2, 0) is 17.0 Å². The Labute approximate surface area is 203 Å². The first-order chi connectivity index (χ1) is 16.3. The van der Waals surface area contributed by atoms with Crippen LogP contribution in [0.2, 0.25) is 0 Å². The standard InChI is InChI=1S/C26H30FN3O3S/c1-16-13-30(14-17(2)32-16)24-10-9-20(11-23(24)27)12-28-26(31)21-7-5-6-8-25(21)34-15-22-18(3)29-33-19(22)4/h5-11,16-17H,12-15H2,1-4H3,(H,28,31). The van der Waals surface area contributed by atoms with Gasteiger partial charge in [0.2, 0.25) is 0 Å². The number of hydrogen-bond acceptors (Lipinski definition) is 6. The molecule has 0 aliphatic carbocycles. The molecule has 1 amide bonds. The molecule has 1 aliphatic heterocycles. The maximum atomic E-state index is 14.9. The summed E-state index contributed by atoms with van der Waals surface area (Å²) in [5.41, 5.74) is 3.77. The van der Waals surface area contributed by atoms with Crippen LogP contribution >= 0.6 is 11.8 Å². The first kappa shape index (κ1) is 24.3. The molecule has 180 valence electrons. The Hall–Kier alpha value is -2.84. The van der Waals surface area contributed by atoms with E-state index in [1.54, 1.807) is 23.9 Å². The van der Waals surface area contributed by atoms with Crippen LogP contribution in [0.1, 0.15) is 46.8 Å². The van der Waals surface area contributed by atoms with Crippen molar-refractivity contribution in [3.63, 3.8) is 0 Å². The lowest BCUT2D eigenvalue weighted by atomic mass is 10.1. The van der Waals surface area contributed by atoms with Gasteiger partial charge in [-0.15, -0.1) is 11.8 Å². The Morgan fingerprint density at radius 3 is 2.59 bits per heavy atom. The fraction of sp³-hybridized carbons (Fsp3) is 0.385. The molecule has 6 nitrogen and oxygen atoms in total. The monoisotopic (exact) mass is 483 g/mol. The third kappa shape index (κ3) is 5.62. The Balaban J connectivity index is 1.40. The Bertz CT molecular complexity index is 1140. The first-order valence-corrected chi connectivity index (χ1v) is 12.4. The van der Waals surface area contributed by atoms with Crippen LogP contribution in [0.5, 0.6) is 0 Å². The highest BCUT2D eigenvalue weighted by atomic mass is 32.2. The SMILES string of the molecule is Cc1noc(C)c1CSc1ccccc1C(=O)NCc1ccc(N2CC(C)OC(C)C2)c(F)c1. The molecule has 0 saturated carbocycles. The van der Waals surface area contributed by atoms with Crippen LogP contribution in [0.15, 0.2) is 51.9 Å². The molecule has 4 rings (SSSR count). The van der Waals surface area contributed by atoms with E-state index in [9.17, 15) is 9.18 Å². The van der Waals surface area contributed by atoms with Gasteiger partial charge < -0.3 is 19.5 Å². The minimum atomic E-state index is -0.288. The van der Waals surface area contributed by atoms with Gasteiger partial charge in [-0.05, 0) is 57.5 Å². The molecule has 2 aromatic carbocycles. The van der Waals surface area contributed by atoms with Crippen LogP contribution in [-0.4, -0.2) is 36.4 Å². The number of halogens is 1. The first-order valence-electron chi connectivity index (χ1n) is 11.4. The number of amides is 1. The summed E-state index contributed by atoms with van der Waals surface area (Å²) < 4.78 is 25.9. The zero-order chi connectivity index (χ0) is 24.2. The molecule has 1 fully saturated rings. The van der Waals surface area contributed by atoms with E-state index >= 15 is 0 Å². The molecule has 1 aliphatic rings. The van der Waals surface area contributed by atoms with Gasteiger partial charge in [0, 0.05) is 35.8 Å². The average molecular weight is 484 g/mol. The molecular weight excluding hydrogens is 453 g/mol. The van der Waals surface area contributed by atoms with E-state index in [-0.39, 0.29) is 30.5 Å². The molecule has 1 aromatic heterocycles. The van der Waals surface area contributed by atoms with E-state index in [0.29, 0.717) is 35.7 Å². The number of benzene rings is 2. The number of hydrogen-bond donors (Lipinski definition) is 1. The number of carbonyl (C=O) groups is 1. The Kier molecular flexibility index (Phi) is 7.58. The van der Waals surface area contributed by atoms with E-state index in [1.807, 2.05) is 56.9 Å². The molecule has 2 atom stereocenters. The lowest BCUT2D eigenvalue weighted by Crippen LogP contribution is -2.45. The topological polar surface area (TPSA) is 67.6 Å². The maximum absolute atomic E-state index is 14.9. The average Bonchev–Trinajstić information content (AvgIpc) is 3.12. The minimum absolute atomic E-state index is 0.0534. The number of aryl methyl sites for hydroxylation is 2. The van der Waals surface area contributed by atoms with Gasteiger partial charge in [-0.2, -0.15) is 0 Å². The minimum Gasteiger partial charge on any atom is -0.372 e. The van der Waals surface area contributed by atoms with Crippen LogP contribution in [0.4, 0.5) is 10.1 Å². The summed E-state index contributed by atoms with van der Waals surface area (Å²) in [5, 5.41) is 6.92. The van der Waals surface area contributed by atoms with Gasteiger partial charge in [-0.25, -0.2) is 4.39 Å². The molecule has 1 saturated heterocycles. The Morgan fingerprint density at radius 2 is 1.91 bits per heavy atom. The molecule has 0 radical (unpaired) electrons. The quantitative estimate of drug-likeness (QED) is 0.462. The van der Waals surface area contributed by atoms with Crippen LogP contribution in [0.25, 0.3) is 0 Å². The summed E-state index contributed by atoms with van der Waals surface area (Å²) in [6, 6.07) is 12.6. The largest absolute Gasteiger partial charge is 0.372 e. The van der Waals surface area contributed by atoms with Gasteiger partial charge in [-0.1, -0.05) is 23.4 Å². The number of morpholine rings is 1. The molecule has 3 aromatic rings. The highest BCUT2D eigenvalue weighted by molar-refractivity contribution is 7.98. The second-order valence-electron chi connectivity index (χ2n) is 8.72. The summed E-state index contributed by atoms with van der Waals surface area (Å²) in [6.45, 7) is 9.34. The van der Waals surface area contributed by atoms with Crippen LogP contribution in [0, 0.1) is 19.7 Å². The second-order valence-corrected chi connectivity index (χ2v) is 9.74. The number of aromatic nitrogens is 1. The summed E-state index contributed by atoms with van der Waals surface area (Å²) >= 11 is 1.57. The maximum Gasteiger partial charge on any atom is 0.252 e. The molecular formula is C26H30FN3O3S. The number of thioether (sulfide) groups is 1. The van der Waals surface area contributed by atoms with Crippen molar-refractivity contribution in [2.75, 3.05) is 18.0 Å². The number of ether oxygens (including phenoxy) is 1. The van der Waals surface area contributed by atoms with Crippen molar-refractivity contribution in [1.29, 1.82) is 0 Å². The second kappa shape index (κ2) is 10.6. The third-order valence-corrected chi connectivity index (χ3v) is 7.01. The lowest BCUT2D eigenvalue weighted by Gasteiger charge is -2.37. The van der Waals surface area contributed by atoms with Crippen molar-refractivity contribution in [2.45, 2.75) is 57.1 Å². The Morgan fingerprint density at radius 1 is 1.18 bits per heavy atom. The zero-order valence-corrected chi connectivity index (χ0v) is 20.7. The van der Waals surface area contributed by atoms with E-state index < -0.39 is 0 Å². The van der Waals surface area contributed by atoms with E-state index in [2.05, 4.69) is 10.5 Å². The zero-order valence-electron chi connectivity index (χ0n) is 19.9. The van der Waals surface area contributed by atoms with Crippen molar-refractivity contribution < 1.29 is 18.4 Å². The van der Waals surface area contributed by atoms with Gasteiger partial charge in [0.15, 0.2) is 0 Å². The van der Waals surface area contributed by atoms with E-state index in [4.69, 9.17) is 9.26 Å². The highest BCUT2D eigenvalue weighted by Crippen LogP contribution is 2.29. The molecule has 0 bridgehead atoms. The molecule has 2 heterocycles. The smallest absolute Gasteiger partial charge is 0.252 e. The fourth-order valence-corrected chi connectivity index (χ4v) is 5.41. The predicted molar refractivity (Wildman–Crippen MR) is 132 cm³/mol. The number of nitrogens with zero attached hydrogens (tertiary/aromatic N) is 2. The van der Waals surface area contributed by atoms with Gasteiger partial charge in [0.25, 0.3) is 5.91 Å². The van der Waals surface area contributed by atoms with Gasteiger partial charge >= 0.3 is 0 Å². The number of carbonyl (C=O) groups excluding carboxylic acids is 1. The number of rotatable bonds is 7. The van der Waals surface area contributed by atoms with E-state index in [0.717, 1.165) is 21.9 Å². The molecule has 0 spiro atoms. The lowest BCUT2D eigenvalue weighted by molar-refractivity contribution is -0.00539. The van der Waals surface area contributed by atoms with Crippen molar-refractivity contribution in [2.24, 2.45) is 0 Å². The van der Waals surface area contributed by atoms with E-state index in [1.165, 1.54) is 6.07 Å². The van der Waals surface area contributed by atoms with Gasteiger partial charge in [-0.3, -0.25) is 4.79 Å². The molecule has 34 heavy (non-hydrogen) atoms. The molecule has 2 unspecified atom stereocenters. The normalized spacial score (nSPS) is 18.2. The molecule has 8 heteroatoms. The highest BCUT2D eigenvalue weighted by Gasteiger charge is 2.24. The summed E-state index contributed by atoms with van der Waals surface area (Å²) in [4.78, 5) is 15.8. The van der Waals surface area contributed by atoms with Gasteiger partial charge in [0.1, 0.15) is 11.6 Å². The predicted octanol–water partition coefficient (Wildman–Crippen LogP) is 5.27. The van der Waals surface area contributed by atoms with Crippen molar-refractivity contribution in [3.8, 4) is 0 Å². The van der Waals surface area contributed by atoms with Crippen LogP contribution < -0.4 is 10.2 Å². The van der Waals surface area contributed by atoms with Crippen LogP contribution in [0.3, 0.4) is 0 Å². The van der Waals surface area contributed by atoms with Crippen molar-refractivity contribution >= 4 is 23.4 Å².